The van der Waals surface area contributed by atoms with Crippen molar-refractivity contribution >= 4 is 22.8 Å². The minimum Gasteiger partial charge on any atom is -0.493 e. The van der Waals surface area contributed by atoms with Gasteiger partial charge >= 0.3 is 0 Å². The topological polar surface area (TPSA) is 115 Å². The molecule has 0 unspecified atom stereocenters. The second-order valence-electron chi connectivity index (χ2n) is 10.4. The van der Waals surface area contributed by atoms with E-state index in [0.29, 0.717) is 35.1 Å². The van der Waals surface area contributed by atoms with E-state index in [0.717, 1.165) is 53.8 Å². The molecule has 9 nitrogen and oxygen atoms in total. The first-order chi connectivity index (χ1) is 18.0. The smallest absolute Gasteiger partial charge is 0.255 e. The molecule has 1 aromatic carbocycles. The van der Waals surface area contributed by atoms with Crippen molar-refractivity contribution < 1.29 is 23.8 Å². The summed E-state index contributed by atoms with van der Waals surface area (Å²) in [6, 6.07) is 5.98. The summed E-state index contributed by atoms with van der Waals surface area (Å²) in [5, 5.41) is 6.18. The van der Waals surface area contributed by atoms with E-state index in [1.807, 2.05) is 25.1 Å². The lowest BCUT2D eigenvalue weighted by atomic mass is 9.91. The van der Waals surface area contributed by atoms with Crippen LogP contribution in [-0.2, 0) is 4.79 Å². The number of carbonyl (C=O) groups excluding carboxylic acids is 2. The minimum absolute atomic E-state index is 0.00843. The molecule has 1 aliphatic heterocycles. The first kappa shape index (κ1) is 23.6. The molecule has 194 valence electrons. The maximum Gasteiger partial charge on any atom is 0.255 e. The van der Waals surface area contributed by atoms with E-state index >= 15 is 0 Å². The molecule has 0 saturated heterocycles. The Morgan fingerprint density at radius 2 is 1.81 bits per heavy atom. The molecule has 2 fully saturated rings. The lowest BCUT2D eigenvalue weighted by Gasteiger charge is -2.29. The molecule has 2 amide bonds. The molecule has 2 aliphatic carbocycles. The fourth-order valence-corrected chi connectivity index (χ4v) is 5.44. The standard InChI is InChI=1S/C28H32N4O5/c1-15-23(28(34)32-19-7-5-18(6-8-19)31-16(2)33)26-25(30-15)20(11-12-29-26)24-21(35-13-17-3-4-17)9-10-22-27(24)37-14-36-22/h9-12,17-19,30H,3-8,13-14H2,1-2H3,(H,31,33)(H,32,34)/t18-,19-. The van der Waals surface area contributed by atoms with Crippen LogP contribution in [-0.4, -0.2) is 47.3 Å². The van der Waals surface area contributed by atoms with Crippen molar-refractivity contribution in [3.8, 4) is 28.4 Å². The molecular formula is C28H32N4O5. The van der Waals surface area contributed by atoms with Gasteiger partial charge in [-0.05, 0) is 69.6 Å². The second kappa shape index (κ2) is 9.61. The van der Waals surface area contributed by atoms with Gasteiger partial charge in [0, 0.05) is 36.5 Å². The highest BCUT2D eigenvalue weighted by molar-refractivity contribution is 6.10. The van der Waals surface area contributed by atoms with Crippen LogP contribution in [0.15, 0.2) is 24.4 Å². The van der Waals surface area contributed by atoms with Crippen LogP contribution in [0.4, 0.5) is 0 Å². The highest BCUT2D eigenvalue weighted by atomic mass is 16.7. The summed E-state index contributed by atoms with van der Waals surface area (Å²) < 4.78 is 17.8. The average Bonchev–Trinajstić information content (AvgIpc) is 3.46. The SMILES string of the molecule is CC(=O)N[C@H]1CC[C@H](NC(=O)c2c(C)[nH]c3c(-c4c(OCC5CC5)ccc5c4OCO5)ccnc23)CC1. The predicted octanol–water partition coefficient (Wildman–Crippen LogP) is 4.23. The number of aryl methyl sites for hydroxylation is 1. The summed E-state index contributed by atoms with van der Waals surface area (Å²) >= 11 is 0. The maximum atomic E-state index is 13.4. The Labute approximate surface area is 215 Å². The van der Waals surface area contributed by atoms with E-state index in [-0.39, 0.29) is 30.7 Å². The molecule has 0 bridgehead atoms. The Morgan fingerprint density at radius 1 is 1.05 bits per heavy atom. The van der Waals surface area contributed by atoms with Crippen molar-refractivity contribution in [2.75, 3.05) is 13.4 Å². The molecule has 0 radical (unpaired) electrons. The number of aromatic nitrogens is 2. The van der Waals surface area contributed by atoms with Crippen molar-refractivity contribution in [1.82, 2.24) is 20.6 Å². The van der Waals surface area contributed by atoms with Gasteiger partial charge < -0.3 is 29.8 Å². The van der Waals surface area contributed by atoms with Gasteiger partial charge in [0.05, 0.1) is 23.3 Å². The van der Waals surface area contributed by atoms with E-state index in [4.69, 9.17) is 14.2 Å². The molecule has 0 spiro atoms. The van der Waals surface area contributed by atoms with Crippen molar-refractivity contribution in [2.24, 2.45) is 5.92 Å². The average molecular weight is 505 g/mol. The van der Waals surface area contributed by atoms with E-state index in [1.165, 1.54) is 12.8 Å². The second-order valence-corrected chi connectivity index (χ2v) is 10.4. The van der Waals surface area contributed by atoms with Crippen LogP contribution in [0.2, 0.25) is 0 Å². The van der Waals surface area contributed by atoms with Gasteiger partial charge in [0.2, 0.25) is 12.7 Å². The number of pyridine rings is 1. The van der Waals surface area contributed by atoms with Crippen LogP contribution in [0.5, 0.6) is 17.2 Å². The maximum absolute atomic E-state index is 13.4. The summed E-state index contributed by atoms with van der Waals surface area (Å²) in [6.07, 6.45) is 7.47. The number of hydrogen-bond donors (Lipinski definition) is 3. The zero-order chi connectivity index (χ0) is 25.5. The van der Waals surface area contributed by atoms with E-state index < -0.39 is 0 Å². The van der Waals surface area contributed by atoms with E-state index in [2.05, 4.69) is 20.6 Å². The number of fused-ring (bicyclic) bond motifs is 2. The molecule has 3 heterocycles. The Hall–Kier alpha value is -3.75. The summed E-state index contributed by atoms with van der Waals surface area (Å²) in [7, 11) is 0. The number of rotatable bonds is 7. The Balaban J connectivity index is 1.30. The molecule has 2 aromatic heterocycles. The van der Waals surface area contributed by atoms with Crippen LogP contribution in [0.1, 0.15) is 61.5 Å². The normalized spacial score (nSPS) is 20.6. The summed E-state index contributed by atoms with van der Waals surface area (Å²) in [5.74, 6) is 2.51. The van der Waals surface area contributed by atoms with Crippen molar-refractivity contribution in [2.45, 2.75) is 64.5 Å². The fourth-order valence-electron chi connectivity index (χ4n) is 5.44. The lowest BCUT2D eigenvalue weighted by Crippen LogP contribution is -2.43. The van der Waals surface area contributed by atoms with Gasteiger partial charge in [-0.25, -0.2) is 0 Å². The number of carbonyl (C=O) groups is 2. The zero-order valence-corrected chi connectivity index (χ0v) is 21.2. The number of hydrogen-bond acceptors (Lipinski definition) is 6. The zero-order valence-electron chi connectivity index (χ0n) is 21.2. The molecule has 3 aromatic rings. The van der Waals surface area contributed by atoms with Gasteiger partial charge in [0.15, 0.2) is 11.5 Å². The monoisotopic (exact) mass is 504 g/mol. The summed E-state index contributed by atoms with van der Waals surface area (Å²) in [6.45, 7) is 4.26. The minimum atomic E-state index is -0.139. The van der Waals surface area contributed by atoms with Crippen molar-refractivity contribution in [1.29, 1.82) is 0 Å². The molecule has 0 atom stereocenters. The lowest BCUT2D eigenvalue weighted by molar-refractivity contribution is -0.119. The van der Waals surface area contributed by atoms with Crippen LogP contribution in [0, 0.1) is 12.8 Å². The highest BCUT2D eigenvalue weighted by Gasteiger charge is 2.30. The third-order valence-electron chi connectivity index (χ3n) is 7.51. The fraction of sp³-hybridized carbons (Fsp3) is 0.464. The van der Waals surface area contributed by atoms with Gasteiger partial charge in [-0.2, -0.15) is 0 Å². The van der Waals surface area contributed by atoms with Gasteiger partial charge in [-0.15, -0.1) is 0 Å². The largest absolute Gasteiger partial charge is 0.493 e. The van der Waals surface area contributed by atoms with E-state index in [1.54, 1.807) is 13.1 Å². The first-order valence-corrected chi connectivity index (χ1v) is 13.1. The third kappa shape index (κ3) is 4.70. The number of H-pyrrole nitrogens is 1. The van der Waals surface area contributed by atoms with E-state index in [9.17, 15) is 9.59 Å². The van der Waals surface area contributed by atoms with Gasteiger partial charge in [0.25, 0.3) is 5.91 Å². The highest BCUT2D eigenvalue weighted by Crippen LogP contribution is 2.49. The van der Waals surface area contributed by atoms with Crippen LogP contribution in [0.25, 0.3) is 22.2 Å². The number of amides is 2. The Kier molecular flexibility index (Phi) is 6.14. The summed E-state index contributed by atoms with van der Waals surface area (Å²) in [4.78, 5) is 32.8. The summed E-state index contributed by atoms with van der Waals surface area (Å²) in [5.41, 5.74) is 4.35. The molecule has 3 aliphatic rings. The van der Waals surface area contributed by atoms with Gasteiger partial charge in [-0.3, -0.25) is 14.6 Å². The van der Waals surface area contributed by atoms with Crippen molar-refractivity contribution in [3.05, 3.63) is 35.7 Å². The number of aromatic amines is 1. The Bertz CT molecular complexity index is 1350. The molecule has 3 N–H and O–H groups in total. The first-order valence-electron chi connectivity index (χ1n) is 13.1. The third-order valence-corrected chi connectivity index (χ3v) is 7.51. The van der Waals surface area contributed by atoms with Crippen LogP contribution < -0.4 is 24.8 Å². The van der Waals surface area contributed by atoms with Crippen molar-refractivity contribution in [3.63, 3.8) is 0 Å². The number of nitrogens with zero attached hydrogens (tertiary/aromatic N) is 1. The Morgan fingerprint density at radius 3 is 2.54 bits per heavy atom. The molecular weight excluding hydrogens is 472 g/mol. The van der Waals surface area contributed by atoms with Crippen LogP contribution >= 0.6 is 0 Å². The number of benzene rings is 1. The number of ether oxygens (including phenoxy) is 3. The van der Waals surface area contributed by atoms with Gasteiger partial charge in [0.1, 0.15) is 11.3 Å². The molecule has 2 saturated carbocycles. The molecule has 6 rings (SSSR count). The molecule has 37 heavy (non-hydrogen) atoms. The molecule has 9 heteroatoms. The predicted molar refractivity (Wildman–Crippen MR) is 138 cm³/mol. The van der Waals surface area contributed by atoms with Gasteiger partial charge in [-0.1, -0.05) is 0 Å². The number of nitrogens with one attached hydrogen (secondary N) is 3. The van der Waals surface area contributed by atoms with Crippen LogP contribution in [0.3, 0.4) is 0 Å². The quantitative estimate of drug-likeness (QED) is 0.444.